The van der Waals surface area contributed by atoms with Crippen molar-refractivity contribution in [1.82, 2.24) is 24.9 Å². The summed E-state index contributed by atoms with van der Waals surface area (Å²) in [5.74, 6) is 1.30. The van der Waals surface area contributed by atoms with Crippen molar-refractivity contribution in [2.75, 3.05) is 11.9 Å². The minimum atomic E-state index is -3.18. The number of anilines is 1. The second-order valence-electron chi connectivity index (χ2n) is 7.51. The third-order valence-electron chi connectivity index (χ3n) is 5.16. The van der Waals surface area contributed by atoms with Crippen molar-refractivity contribution in [1.29, 1.82) is 0 Å². The molecule has 0 unspecified atom stereocenters. The van der Waals surface area contributed by atoms with Crippen LogP contribution in [0.2, 0.25) is 0 Å². The van der Waals surface area contributed by atoms with E-state index in [0.717, 1.165) is 49.3 Å². The number of aromatic nitrogens is 4. The Morgan fingerprint density at radius 2 is 1.81 bits per heavy atom. The smallest absolute Gasteiger partial charge is 0.214 e. The van der Waals surface area contributed by atoms with Crippen LogP contribution in [0, 0.1) is 5.92 Å². The minimum absolute atomic E-state index is 0.0768. The van der Waals surface area contributed by atoms with Gasteiger partial charge in [0.1, 0.15) is 0 Å². The predicted octanol–water partition coefficient (Wildman–Crippen LogP) is 2.18. The van der Waals surface area contributed by atoms with E-state index in [2.05, 4.69) is 25.6 Å². The molecule has 1 saturated carbocycles. The molecule has 8 nitrogen and oxygen atoms in total. The molecule has 1 aliphatic rings. The van der Waals surface area contributed by atoms with Crippen molar-refractivity contribution in [2.24, 2.45) is 13.0 Å². The number of nitrogens with one attached hydrogen (secondary N) is 2. The van der Waals surface area contributed by atoms with Crippen LogP contribution < -0.4 is 10.0 Å². The van der Waals surface area contributed by atoms with E-state index in [1.165, 1.54) is 0 Å². The molecule has 0 aliphatic heterocycles. The van der Waals surface area contributed by atoms with Crippen LogP contribution >= 0.6 is 0 Å². The summed E-state index contributed by atoms with van der Waals surface area (Å²) in [7, 11) is -1.36. The average Bonchev–Trinajstić information content (AvgIpc) is 3.07. The first kappa shape index (κ1) is 19.8. The van der Waals surface area contributed by atoms with E-state index in [9.17, 15) is 8.42 Å². The van der Waals surface area contributed by atoms with Gasteiger partial charge in [-0.1, -0.05) is 0 Å². The van der Waals surface area contributed by atoms with Gasteiger partial charge >= 0.3 is 0 Å². The normalized spacial score (nSPS) is 20.7. The van der Waals surface area contributed by atoms with Crippen LogP contribution in [-0.4, -0.2) is 46.5 Å². The topological polar surface area (TPSA) is 102 Å². The molecule has 1 aromatic carbocycles. The van der Waals surface area contributed by atoms with E-state index >= 15 is 0 Å². The zero-order chi connectivity index (χ0) is 19.4. The van der Waals surface area contributed by atoms with Crippen molar-refractivity contribution in [3.63, 3.8) is 0 Å². The predicted molar refractivity (Wildman–Crippen MR) is 106 cm³/mol. The molecule has 0 saturated heterocycles. The summed E-state index contributed by atoms with van der Waals surface area (Å²) in [6.45, 7) is 4.32. The fraction of sp³-hybridized carbons (Fsp3) is 0.611. The Hall–Kier alpha value is -2.00. The third kappa shape index (κ3) is 5.04. The summed E-state index contributed by atoms with van der Waals surface area (Å²) in [6, 6.07) is 8.16. The molecule has 1 fully saturated rings. The van der Waals surface area contributed by atoms with Crippen LogP contribution in [0.3, 0.4) is 0 Å². The standard InChI is InChI=1S/C18H28N6O2S/c1-13(2)27(25,26)21-17-8-4-14(5-9-17)12-19-16-10-6-15(7-11-16)18-20-22-23-24(18)3/h6-7,10-11,13-14,17,19,21H,4-5,8-9,12H2,1-3H3/t14-,17-. The van der Waals surface area contributed by atoms with Gasteiger partial charge in [0.25, 0.3) is 0 Å². The van der Waals surface area contributed by atoms with Crippen molar-refractivity contribution >= 4 is 15.7 Å². The molecule has 0 radical (unpaired) electrons. The van der Waals surface area contributed by atoms with Gasteiger partial charge in [0.05, 0.1) is 5.25 Å². The zero-order valence-corrected chi connectivity index (χ0v) is 16.9. The fourth-order valence-electron chi connectivity index (χ4n) is 3.33. The number of sulfonamides is 1. The van der Waals surface area contributed by atoms with E-state index in [1.807, 2.05) is 31.3 Å². The van der Waals surface area contributed by atoms with Crippen molar-refractivity contribution in [2.45, 2.75) is 50.8 Å². The Bertz CT molecular complexity index is 839. The number of hydrogen-bond acceptors (Lipinski definition) is 6. The number of benzene rings is 1. The van der Waals surface area contributed by atoms with Gasteiger partial charge < -0.3 is 5.32 Å². The second-order valence-corrected chi connectivity index (χ2v) is 9.78. The number of rotatable bonds is 7. The fourth-order valence-corrected chi connectivity index (χ4v) is 4.30. The number of nitrogens with zero attached hydrogens (tertiary/aromatic N) is 4. The molecule has 1 heterocycles. The van der Waals surface area contributed by atoms with Crippen LogP contribution in [0.25, 0.3) is 11.4 Å². The molecule has 3 rings (SSSR count). The van der Waals surface area contributed by atoms with Gasteiger partial charge in [-0.15, -0.1) is 5.10 Å². The van der Waals surface area contributed by atoms with Gasteiger partial charge in [0.15, 0.2) is 5.82 Å². The molecule has 27 heavy (non-hydrogen) atoms. The van der Waals surface area contributed by atoms with Crippen molar-refractivity contribution < 1.29 is 8.42 Å². The largest absolute Gasteiger partial charge is 0.385 e. The summed E-state index contributed by atoms with van der Waals surface area (Å²) in [5, 5.41) is 14.6. The van der Waals surface area contributed by atoms with Crippen LogP contribution in [-0.2, 0) is 17.1 Å². The molecule has 2 aromatic rings. The van der Waals surface area contributed by atoms with Gasteiger partial charge in [-0.3, -0.25) is 0 Å². The highest BCUT2D eigenvalue weighted by Crippen LogP contribution is 2.26. The van der Waals surface area contributed by atoms with E-state index in [1.54, 1.807) is 18.5 Å². The molecule has 2 N–H and O–H groups in total. The lowest BCUT2D eigenvalue weighted by molar-refractivity contribution is 0.323. The maximum Gasteiger partial charge on any atom is 0.214 e. The summed E-state index contributed by atoms with van der Waals surface area (Å²) in [4.78, 5) is 0. The third-order valence-corrected chi connectivity index (χ3v) is 7.06. The second kappa shape index (κ2) is 8.35. The highest BCUT2D eigenvalue weighted by atomic mass is 32.2. The van der Waals surface area contributed by atoms with Crippen LogP contribution in [0.1, 0.15) is 39.5 Å². The maximum absolute atomic E-state index is 12.0. The minimum Gasteiger partial charge on any atom is -0.385 e. The van der Waals surface area contributed by atoms with Gasteiger partial charge in [0, 0.05) is 30.9 Å². The quantitative estimate of drug-likeness (QED) is 0.749. The van der Waals surface area contributed by atoms with E-state index in [0.29, 0.717) is 5.92 Å². The Labute approximate surface area is 160 Å². The SMILES string of the molecule is CC(C)S(=O)(=O)N[C@H]1CC[C@H](CNc2ccc(-c3nnnn3C)cc2)CC1. The van der Waals surface area contributed by atoms with Gasteiger partial charge in [0.2, 0.25) is 10.0 Å². The lowest BCUT2D eigenvalue weighted by Gasteiger charge is -2.29. The summed E-state index contributed by atoms with van der Waals surface area (Å²) < 4.78 is 28.5. The molecule has 1 aromatic heterocycles. The first-order chi connectivity index (χ1) is 12.8. The molecule has 0 spiro atoms. The average molecular weight is 393 g/mol. The molecular weight excluding hydrogens is 364 g/mol. The molecule has 0 bridgehead atoms. The summed E-state index contributed by atoms with van der Waals surface area (Å²) >= 11 is 0. The highest BCUT2D eigenvalue weighted by Gasteiger charge is 2.26. The first-order valence-electron chi connectivity index (χ1n) is 9.43. The molecule has 1 aliphatic carbocycles. The molecule has 9 heteroatoms. The molecule has 148 valence electrons. The number of hydrogen-bond donors (Lipinski definition) is 2. The highest BCUT2D eigenvalue weighted by molar-refractivity contribution is 7.90. The van der Waals surface area contributed by atoms with Gasteiger partial charge in [-0.05, 0) is 80.1 Å². The van der Waals surface area contributed by atoms with Crippen LogP contribution in [0.5, 0.6) is 0 Å². The number of aryl methyl sites for hydroxylation is 1. The van der Waals surface area contributed by atoms with Crippen LogP contribution in [0.4, 0.5) is 5.69 Å². The van der Waals surface area contributed by atoms with E-state index in [-0.39, 0.29) is 11.3 Å². The van der Waals surface area contributed by atoms with E-state index < -0.39 is 10.0 Å². The summed E-state index contributed by atoms with van der Waals surface area (Å²) in [5.41, 5.74) is 2.04. The van der Waals surface area contributed by atoms with Crippen molar-refractivity contribution in [3.05, 3.63) is 24.3 Å². The number of tetrazole rings is 1. The Kier molecular flexibility index (Phi) is 6.11. The van der Waals surface area contributed by atoms with Gasteiger partial charge in [-0.25, -0.2) is 17.8 Å². The Morgan fingerprint density at radius 1 is 1.15 bits per heavy atom. The van der Waals surface area contributed by atoms with Crippen LogP contribution in [0.15, 0.2) is 24.3 Å². The summed E-state index contributed by atoms with van der Waals surface area (Å²) in [6.07, 6.45) is 3.86. The van der Waals surface area contributed by atoms with Gasteiger partial charge in [-0.2, -0.15) is 0 Å². The molecule has 0 amide bonds. The van der Waals surface area contributed by atoms with Crippen molar-refractivity contribution in [3.8, 4) is 11.4 Å². The van der Waals surface area contributed by atoms with E-state index in [4.69, 9.17) is 0 Å². The molecule has 0 atom stereocenters. The first-order valence-corrected chi connectivity index (χ1v) is 11.0. The maximum atomic E-state index is 12.0. The lowest BCUT2D eigenvalue weighted by atomic mass is 9.86. The zero-order valence-electron chi connectivity index (χ0n) is 16.1. The Balaban J connectivity index is 1.46. The monoisotopic (exact) mass is 392 g/mol. The Morgan fingerprint density at radius 3 is 2.37 bits per heavy atom. The molecular formula is C18H28N6O2S. The lowest BCUT2D eigenvalue weighted by Crippen LogP contribution is -2.41.